The summed E-state index contributed by atoms with van der Waals surface area (Å²) in [5.41, 5.74) is 1.01. The van der Waals surface area contributed by atoms with Gasteiger partial charge in [-0.3, -0.25) is 0 Å². The maximum absolute atomic E-state index is 6.65. The summed E-state index contributed by atoms with van der Waals surface area (Å²) >= 11 is 7.86. The highest BCUT2D eigenvalue weighted by Gasteiger charge is 2.26. The van der Waals surface area contributed by atoms with Gasteiger partial charge in [-0.25, -0.2) is 0 Å². The van der Waals surface area contributed by atoms with Crippen LogP contribution in [0.1, 0.15) is 57.2 Å². The molecule has 0 atom stereocenters. The fourth-order valence-corrected chi connectivity index (χ4v) is 8.15. The van der Waals surface area contributed by atoms with Crippen molar-refractivity contribution in [3.8, 4) is 11.5 Å². The van der Waals surface area contributed by atoms with Crippen molar-refractivity contribution < 1.29 is 9.05 Å². The van der Waals surface area contributed by atoms with Crippen LogP contribution in [0.15, 0.2) is 78.9 Å². The van der Waals surface area contributed by atoms with E-state index in [2.05, 4.69) is 82.3 Å². The predicted molar refractivity (Wildman–Crippen MR) is 157 cm³/mol. The van der Waals surface area contributed by atoms with Crippen molar-refractivity contribution in [3.05, 3.63) is 95.6 Å². The van der Waals surface area contributed by atoms with Crippen molar-refractivity contribution in [2.75, 3.05) is 5.75 Å². The average molecular weight is 527 g/mol. The first-order valence-corrected chi connectivity index (χ1v) is 16.9. The molecule has 0 aliphatic carbocycles. The maximum Gasteiger partial charge on any atom is 0.348 e. The molecule has 0 unspecified atom stereocenters. The molecule has 3 rings (SSSR count). The van der Waals surface area contributed by atoms with E-state index in [1.807, 2.05) is 24.3 Å². The summed E-state index contributed by atoms with van der Waals surface area (Å²) in [6.45, 7) is 9.02. The quantitative estimate of drug-likeness (QED) is 0.195. The molecule has 0 aliphatic rings. The highest BCUT2D eigenvalue weighted by Crippen LogP contribution is 2.61. The van der Waals surface area contributed by atoms with Crippen LogP contribution in [0, 0.1) is 11.8 Å². The Bertz CT molecular complexity index is 1020. The third-order valence-electron chi connectivity index (χ3n) is 5.83. The summed E-state index contributed by atoms with van der Waals surface area (Å²) in [6, 6.07) is 27.2. The average Bonchev–Trinajstić information content (AvgIpc) is 2.83. The van der Waals surface area contributed by atoms with Gasteiger partial charge < -0.3 is 9.05 Å². The van der Waals surface area contributed by atoms with Crippen molar-refractivity contribution in [1.82, 2.24) is 0 Å². The number of para-hydroxylation sites is 2. The van der Waals surface area contributed by atoms with Crippen molar-refractivity contribution in [3.63, 3.8) is 0 Å². The van der Waals surface area contributed by atoms with Gasteiger partial charge >= 0.3 is 5.69 Å². The van der Waals surface area contributed by atoms with Gasteiger partial charge in [0.05, 0.1) is 0 Å². The fourth-order valence-electron chi connectivity index (χ4n) is 3.72. The SMILES string of the molecule is CC(C)CCc1ccccc1OP(=S)(Oc1ccccc1CCC(C)C)SCCc1ccccc1. The second-order valence-corrected chi connectivity index (χ2v) is 16.1. The molecule has 0 saturated heterocycles. The van der Waals surface area contributed by atoms with E-state index in [0.717, 1.165) is 49.4 Å². The lowest BCUT2D eigenvalue weighted by molar-refractivity contribution is 0.492. The van der Waals surface area contributed by atoms with Crippen LogP contribution in [-0.2, 0) is 31.1 Å². The van der Waals surface area contributed by atoms with Crippen LogP contribution >= 0.6 is 17.1 Å². The minimum atomic E-state index is -2.70. The fraction of sp³-hybridized carbons (Fsp3) is 0.400. The van der Waals surface area contributed by atoms with E-state index in [1.54, 1.807) is 11.4 Å². The number of aryl methyl sites for hydroxylation is 3. The van der Waals surface area contributed by atoms with Gasteiger partial charge in [0.2, 0.25) is 0 Å². The zero-order valence-corrected chi connectivity index (χ0v) is 24.0. The zero-order chi connectivity index (χ0) is 25.1. The molecule has 2 nitrogen and oxygen atoms in total. The van der Waals surface area contributed by atoms with E-state index < -0.39 is 5.69 Å². The highest BCUT2D eigenvalue weighted by molar-refractivity contribution is 8.68. The van der Waals surface area contributed by atoms with E-state index in [0.29, 0.717) is 11.8 Å². The molecule has 0 fully saturated rings. The Morgan fingerprint density at radius 3 is 1.60 bits per heavy atom. The molecule has 188 valence electrons. The molecule has 0 N–H and O–H groups in total. The van der Waals surface area contributed by atoms with Crippen LogP contribution in [0.25, 0.3) is 0 Å². The zero-order valence-electron chi connectivity index (χ0n) is 21.5. The summed E-state index contributed by atoms with van der Waals surface area (Å²) in [5.74, 6) is 3.85. The third-order valence-corrected chi connectivity index (χ3v) is 10.7. The lowest BCUT2D eigenvalue weighted by Crippen LogP contribution is -2.04. The normalized spacial score (nSPS) is 11.7. The summed E-state index contributed by atoms with van der Waals surface area (Å²) in [4.78, 5) is 0. The highest BCUT2D eigenvalue weighted by atomic mass is 32.9. The third kappa shape index (κ3) is 9.67. The Kier molecular flexibility index (Phi) is 11.2. The molecule has 3 aromatic carbocycles. The molecule has 0 aromatic heterocycles. The van der Waals surface area contributed by atoms with Crippen LogP contribution in [0.4, 0.5) is 0 Å². The Morgan fingerprint density at radius 2 is 1.11 bits per heavy atom. The molecule has 35 heavy (non-hydrogen) atoms. The molecule has 0 bridgehead atoms. The lowest BCUT2D eigenvalue weighted by Gasteiger charge is -2.25. The van der Waals surface area contributed by atoms with Crippen molar-refractivity contribution in [2.24, 2.45) is 11.8 Å². The summed E-state index contributed by atoms with van der Waals surface area (Å²) in [5, 5.41) is 0. The number of rotatable bonds is 14. The summed E-state index contributed by atoms with van der Waals surface area (Å²) in [7, 11) is 0. The van der Waals surface area contributed by atoms with Crippen LogP contribution in [-0.4, -0.2) is 5.75 Å². The standard InChI is InChI=1S/C30H39O2PS2/c1-24(2)18-20-27-14-8-10-16-29(27)31-33(34,35-23-22-26-12-6-5-7-13-26)32-30-17-11-9-15-28(30)21-19-25(3)4/h5-17,24-25H,18-23H2,1-4H3. The lowest BCUT2D eigenvalue weighted by atomic mass is 10.0. The van der Waals surface area contributed by atoms with Crippen molar-refractivity contribution >= 4 is 28.9 Å². The van der Waals surface area contributed by atoms with Crippen LogP contribution < -0.4 is 9.05 Å². The second kappa shape index (κ2) is 14.1. The van der Waals surface area contributed by atoms with E-state index >= 15 is 0 Å². The second-order valence-electron chi connectivity index (χ2n) is 9.78. The molecule has 0 saturated carbocycles. The van der Waals surface area contributed by atoms with Gasteiger partial charge in [-0.05, 0) is 96.0 Å². The molecule has 5 heteroatoms. The molecule has 0 amide bonds. The van der Waals surface area contributed by atoms with Gasteiger partial charge in [0, 0.05) is 5.75 Å². The Morgan fingerprint density at radius 1 is 0.657 bits per heavy atom. The first-order chi connectivity index (χ1) is 16.8. The van der Waals surface area contributed by atoms with E-state index in [-0.39, 0.29) is 0 Å². The van der Waals surface area contributed by atoms with E-state index in [4.69, 9.17) is 20.9 Å². The topological polar surface area (TPSA) is 18.5 Å². The smallest absolute Gasteiger partial charge is 0.348 e. The van der Waals surface area contributed by atoms with Gasteiger partial charge in [0.1, 0.15) is 11.5 Å². The molecule has 3 aromatic rings. The molecule has 0 radical (unpaired) electrons. The van der Waals surface area contributed by atoms with Gasteiger partial charge in [-0.15, -0.1) is 0 Å². The molecule has 0 heterocycles. The molecular formula is C30H39O2PS2. The van der Waals surface area contributed by atoms with Gasteiger partial charge in [0.15, 0.2) is 0 Å². The maximum atomic E-state index is 6.65. The first-order valence-electron chi connectivity index (χ1n) is 12.7. The number of benzene rings is 3. The van der Waals surface area contributed by atoms with Gasteiger partial charge in [-0.1, -0.05) is 94.4 Å². The van der Waals surface area contributed by atoms with Crippen LogP contribution in [0.2, 0.25) is 0 Å². The Hall–Kier alpha value is -1.74. The summed E-state index contributed by atoms with van der Waals surface area (Å²) in [6.07, 6.45) is 5.11. The van der Waals surface area contributed by atoms with Crippen molar-refractivity contribution in [1.29, 1.82) is 0 Å². The largest absolute Gasteiger partial charge is 0.428 e. The first kappa shape index (κ1) is 27.8. The Labute approximate surface area is 221 Å². The summed E-state index contributed by atoms with van der Waals surface area (Å²) < 4.78 is 13.3. The van der Waals surface area contributed by atoms with Gasteiger partial charge in [-0.2, -0.15) is 0 Å². The minimum Gasteiger partial charge on any atom is -0.428 e. The van der Waals surface area contributed by atoms with Crippen LogP contribution in [0.5, 0.6) is 11.5 Å². The molecule has 0 aliphatic heterocycles. The van der Waals surface area contributed by atoms with Gasteiger partial charge in [0.25, 0.3) is 0 Å². The van der Waals surface area contributed by atoms with E-state index in [9.17, 15) is 0 Å². The molecule has 0 spiro atoms. The molecular weight excluding hydrogens is 487 g/mol. The number of hydrogen-bond acceptors (Lipinski definition) is 4. The monoisotopic (exact) mass is 526 g/mol. The van der Waals surface area contributed by atoms with Crippen molar-refractivity contribution in [2.45, 2.75) is 59.8 Å². The van der Waals surface area contributed by atoms with Crippen LogP contribution in [0.3, 0.4) is 0 Å². The number of hydrogen-bond donors (Lipinski definition) is 0. The Balaban J connectivity index is 1.83. The van der Waals surface area contributed by atoms with E-state index in [1.165, 1.54) is 16.7 Å². The predicted octanol–water partition coefficient (Wildman–Crippen LogP) is 9.52. The minimum absolute atomic E-state index is 0.635.